The minimum Gasteiger partial charge on any atom is -0.481 e. The highest BCUT2D eigenvalue weighted by Gasteiger charge is 2.15. The van der Waals surface area contributed by atoms with Crippen LogP contribution >= 0.6 is 0 Å². The molecule has 0 radical (unpaired) electrons. The molecule has 0 aromatic carbocycles. The molecule has 0 amide bonds. The van der Waals surface area contributed by atoms with Crippen molar-refractivity contribution < 1.29 is 19.5 Å². The van der Waals surface area contributed by atoms with Crippen LogP contribution in [0.5, 0.6) is 0 Å². The summed E-state index contributed by atoms with van der Waals surface area (Å²) in [6.45, 7) is 0.703. The maximum Gasteiger partial charge on any atom is 0.306 e. The third kappa shape index (κ3) is 9.46. The Kier molecular flexibility index (Phi) is 10.6. The van der Waals surface area contributed by atoms with Gasteiger partial charge < -0.3 is 5.11 Å². The average molecular weight is 254 g/mol. The van der Waals surface area contributed by atoms with Crippen LogP contribution in [0.25, 0.3) is 0 Å². The van der Waals surface area contributed by atoms with Crippen LogP contribution in [-0.4, -0.2) is 36.3 Å². The molecule has 18 heavy (non-hydrogen) atoms. The molecule has 6 heteroatoms. The van der Waals surface area contributed by atoms with E-state index >= 15 is 0 Å². The van der Waals surface area contributed by atoms with Crippen LogP contribution in [0, 0.1) is 5.92 Å². The summed E-state index contributed by atoms with van der Waals surface area (Å²) in [6, 6.07) is 0. The maximum atomic E-state index is 10.9. The lowest BCUT2D eigenvalue weighted by Gasteiger charge is -2.09. The van der Waals surface area contributed by atoms with E-state index in [1.165, 1.54) is 12.2 Å². The second kappa shape index (κ2) is 11.7. The Bertz CT molecular complexity index is 331. The van der Waals surface area contributed by atoms with E-state index in [0.717, 1.165) is 25.7 Å². The molecule has 0 spiro atoms. The summed E-state index contributed by atoms with van der Waals surface area (Å²) in [5.41, 5.74) is 0. The number of aliphatic carboxylic acids is 1. The smallest absolute Gasteiger partial charge is 0.306 e. The van der Waals surface area contributed by atoms with Crippen molar-refractivity contribution in [2.75, 3.05) is 13.1 Å². The molecule has 1 atom stereocenters. The summed E-state index contributed by atoms with van der Waals surface area (Å²) in [7, 11) is 0. The van der Waals surface area contributed by atoms with Crippen LogP contribution in [0.2, 0.25) is 0 Å². The van der Waals surface area contributed by atoms with E-state index in [1.54, 1.807) is 0 Å². The van der Waals surface area contributed by atoms with Gasteiger partial charge in [-0.25, -0.2) is 19.6 Å². The van der Waals surface area contributed by atoms with Gasteiger partial charge in [0, 0.05) is 0 Å². The zero-order valence-electron chi connectivity index (χ0n) is 10.3. The van der Waals surface area contributed by atoms with E-state index in [4.69, 9.17) is 5.11 Å². The van der Waals surface area contributed by atoms with E-state index in [2.05, 4.69) is 9.98 Å². The molecule has 0 saturated heterocycles. The average Bonchev–Trinajstić information content (AvgIpc) is 2.35. The van der Waals surface area contributed by atoms with Gasteiger partial charge in [-0.15, -0.1) is 0 Å². The number of rotatable bonds is 11. The van der Waals surface area contributed by atoms with Gasteiger partial charge >= 0.3 is 5.97 Å². The summed E-state index contributed by atoms with van der Waals surface area (Å²) in [6.07, 6.45) is 7.30. The SMILES string of the molecule is O=C=NCCCCCCC(CCN=C=O)C(=O)O. The van der Waals surface area contributed by atoms with Crippen molar-refractivity contribution in [3.63, 3.8) is 0 Å². The van der Waals surface area contributed by atoms with Gasteiger partial charge in [0.15, 0.2) is 0 Å². The lowest BCUT2D eigenvalue weighted by Crippen LogP contribution is -2.14. The topological polar surface area (TPSA) is 96.2 Å². The van der Waals surface area contributed by atoms with Crippen molar-refractivity contribution in [2.24, 2.45) is 15.9 Å². The molecule has 1 N–H and O–H groups in total. The van der Waals surface area contributed by atoms with Crippen molar-refractivity contribution in [3.8, 4) is 0 Å². The van der Waals surface area contributed by atoms with Crippen LogP contribution < -0.4 is 0 Å². The number of carboxylic acid groups (broad SMARTS) is 1. The first-order valence-electron chi connectivity index (χ1n) is 6.02. The molecule has 100 valence electrons. The number of isocyanates is 2. The van der Waals surface area contributed by atoms with Gasteiger partial charge in [-0.3, -0.25) is 4.79 Å². The molecule has 0 aliphatic heterocycles. The van der Waals surface area contributed by atoms with Gasteiger partial charge in [0.1, 0.15) is 0 Å². The van der Waals surface area contributed by atoms with Gasteiger partial charge in [-0.2, -0.15) is 0 Å². The molecule has 0 aliphatic carbocycles. The van der Waals surface area contributed by atoms with Crippen LogP contribution in [0.15, 0.2) is 9.98 Å². The fourth-order valence-corrected chi connectivity index (χ4v) is 1.64. The lowest BCUT2D eigenvalue weighted by molar-refractivity contribution is -0.142. The number of carboxylic acids is 1. The second-order valence-electron chi connectivity index (χ2n) is 3.97. The number of hydrogen-bond acceptors (Lipinski definition) is 5. The van der Waals surface area contributed by atoms with Crippen LogP contribution in [-0.2, 0) is 14.4 Å². The first kappa shape index (κ1) is 16.2. The Morgan fingerprint density at radius 2 is 1.56 bits per heavy atom. The molecule has 0 heterocycles. The highest BCUT2D eigenvalue weighted by atomic mass is 16.4. The van der Waals surface area contributed by atoms with E-state index < -0.39 is 11.9 Å². The Morgan fingerprint density at radius 3 is 2.17 bits per heavy atom. The predicted octanol–water partition coefficient (Wildman–Crippen LogP) is 1.70. The van der Waals surface area contributed by atoms with Gasteiger partial charge in [0.2, 0.25) is 12.2 Å². The van der Waals surface area contributed by atoms with Gasteiger partial charge in [0.25, 0.3) is 0 Å². The highest BCUT2D eigenvalue weighted by Crippen LogP contribution is 2.15. The second-order valence-corrected chi connectivity index (χ2v) is 3.97. The molecular formula is C12H18N2O4. The fourth-order valence-electron chi connectivity index (χ4n) is 1.64. The van der Waals surface area contributed by atoms with Crippen molar-refractivity contribution in [3.05, 3.63) is 0 Å². The first-order valence-corrected chi connectivity index (χ1v) is 6.02. The molecule has 0 aliphatic rings. The summed E-state index contributed by atoms with van der Waals surface area (Å²) >= 11 is 0. The summed E-state index contributed by atoms with van der Waals surface area (Å²) in [5.74, 6) is -1.29. The molecule has 0 saturated carbocycles. The Morgan fingerprint density at radius 1 is 0.944 bits per heavy atom. The number of carbonyl (C=O) groups is 1. The number of nitrogens with zero attached hydrogens (tertiary/aromatic N) is 2. The number of hydrogen-bond donors (Lipinski definition) is 1. The zero-order valence-corrected chi connectivity index (χ0v) is 10.3. The first-order chi connectivity index (χ1) is 8.72. The van der Waals surface area contributed by atoms with Crippen molar-refractivity contribution in [1.82, 2.24) is 0 Å². The minimum atomic E-state index is -0.846. The molecule has 0 fully saturated rings. The Labute approximate surface area is 106 Å². The maximum absolute atomic E-state index is 10.9. The zero-order chi connectivity index (χ0) is 13.6. The standard InChI is InChI=1S/C12H18N2O4/c15-9-13-7-4-2-1-3-5-11(12(17)18)6-8-14-10-16/h11H,1-8H2,(H,17,18). The lowest BCUT2D eigenvalue weighted by atomic mass is 9.97. The molecular weight excluding hydrogens is 236 g/mol. The quantitative estimate of drug-likeness (QED) is 0.345. The number of unbranched alkanes of at least 4 members (excludes halogenated alkanes) is 3. The summed E-state index contributed by atoms with van der Waals surface area (Å²) in [5, 5.41) is 8.95. The molecule has 6 nitrogen and oxygen atoms in total. The predicted molar refractivity (Wildman–Crippen MR) is 64.8 cm³/mol. The van der Waals surface area contributed by atoms with Gasteiger partial charge in [-0.05, 0) is 19.3 Å². The largest absolute Gasteiger partial charge is 0.481 e. The van der Waals surface area contributed by atoms with Crippen molar-refractivity contribution in [1.29, 1.82) is 0 Å². The van der Waals surface area contributed by atoms with Crippen molar-refractivity contribution >= 4 is 18.1 Å². The molecule has 0 aromatic rings. The number of aliphatic imine (C=N–C) groups is 2. The van der Waals surface area contributed by atoms with Gasteiger partial charge in [-0.1, -0.05) is 19.3 Å². The van der Waals surface area contributed by atoms with Gasteiger partial charge in [0.05, 0.1) is 19.0 Å². The summed E-state index contributed by atoms with van der Waals surface area (Å²) in [4.78, 5) is 37.3. The fraction of sp³-hybridized carbons (Fsp3) is 0.750. The third-order valence-electron chi connectivity index (χ3n) is 2.64. The molecule has 0 aromatic heterocycles. The third-order valence-corrected chi connectivity index (χ3v) is 2.64. The Balaban J connectivity index is 3.66. The van der Waals surface area contributed by atoms with Crippen LogP contribution in [0.4, 0.5) is 0 Å². The normalized spacial score (nSPS) is 11.1. The molecule has 0 rings (SSSR count). The van der Waals surface area contributed by atoms with E-state index in [1.807, 2.05) is 0 Å². The minimum absolute atomic E-state index is 0.217. The van der Waals surface area contributed by atoms with Crippen molar-refractivity contribution in [2.45, 2.75) is 38.5 Å². The molecule has 1 unspecified atom stereocenters. The highest BCUT2D eigenvalue weighted by molar-refractivity contribution is 5.69. The summed E-state index contributed by atoms with van der Waals surface area (Å²) < 4.78 is 0. The van der Waals surface area contributed by atoms with E-state index in [0.29, 0.717) is 19.4 Å². The molecule has 0 bridgehead atoms. The van der Waals surface area contributed by atoms with Crippen LogP contribution in [0.1, 0.15) is 38.5 Å². The van der Waals surface area contributed by atoms with E-state index in [9.17, 15) is 14.4 Å². The number of carbonyl (C=O) groups excluding carboxylic acids is 2. The Hall–Kier alpha value is -1.77. The van der Waals surface area contributed by atoms with E-state index in [-0.39, 0.29) is 6.54 Å². The van der Waals surface area contributed by atoms with Crippen LogP contribution in [0.3, 0.4) is 0 Å². The monoisotopic (exact) mass is 254 g/mol.